The molecule has 8 heteroatoms. The number of benzene rings is 2. The molecule has 0 spiro atoms. The highest BCUT2D eigenvalue weighted by atomic mass is 16.5. The van der Waals surface area contributed by atoms with E-state index in [1.165, 1.54) is 0 Å². The first-order valence-corrected chi connectivity index (χ1v) is 9.11. The summed E-state index contributed by atoms with van der Waals surface area (Å²) in [6.07, 6.45) is 0.239. The van der Waals surface area contributed by atoms with Crippen LogP contribution in [0.3, 0.4) is 0 Å². The van der Waals surface area contributed by atoms with Gasteiger partial charge in [-0.05, 0) is 37.1 Å². The van der Waals surface area contributed by atoms with Gasteiger partial charge in [-0.3, -0.25) is 30.0 Å². The van der Waals surface area contributed by atoms with Gasteiger partial charge in [-0.15, -0.1) is 0 Å². The summed E-state index contributed by atoms with van der Waals surface area (Å²) < 4.78 is 4.90. The molecule has 0 atom stereocenters. The number of hydrazine groups is 1. The molecule has 3 amide bonds. The zero-order chi connectivity index (χ0) is 21.1. The van der Waals surface area contributed by atoms with Crippen molar-refractivity contribution in [2.45, 2.75) is 26.2 Å². The van der Waals surface area contributed by atoms with Gasteiger partial charge in [0.1, 0.15) is 0 Å². The maximum absolute atomic E-state index is 11.8. The fourth-order valence-electron chi connectivity index (χ4n) is 2.36. The van der Waals surface area contributed by atoms with Crippen molar-refractivity contribution in [2.24, 2.45) is 0 Å². The minimum atomic E-state index is -0.578. The second kappa shape index (κ2) is 11.2. The molecule has 0 fully saturated rings. The van der Waals surface area contributed by atoms with Crippen LogP contribution in [0.2, 0.25) is 0 Å². The molecule has 3 N–H and O–H groups in total. The molecule has 0 bridgehead atoms. The van der Waals surface area contributed by atoms with Gasteiger partial charge in [0.15, 0.2) is 6.61 Å². The van der Waals surface area contributed by atoms with Crippen molar-refractivity contribution in [1.82, 2.24) is 10.9 Å². The number of carbonyl (C=O) groups is 4. The van der Waals surface area contributed by atoms with Gasteiger partial charge in [-0.2, -0.15) is 0 Å². The summed E-state index contributed by atoms with van der Waals surface area (Å²) in [4.78, 5) is 47.0. The average Bonchev–Trinajstić information content (AvgIpc) is 2.73. The summed E-state index contributed by atoms with van der Waals surface area (Å²) in [5.41, 5.74) is 6.55. The quantitative estimate of drug-likeness (QED) is 0.466. The lowest BCUT2D eigenvalue weighted by Crippen LogP contribution is -2.41. The number of esters is 1. The topological polar surface area (TPSA) is 114 Å². The fourth-order valence-corrected chi connectivity index (χ4v) is 2.36. The van der Waals surface area contributed by atoms with Crippen molar-refractivity contribution in [3.8, 4) is 0 Å². The van der Waals surface area contributed by atoms with E-state index in [4.69, 9.17) is 4.74 Å². The van der Waals surface area contributed by atoms with Crippen LogP contribution >= 0.6 is 0 Å². The van der Waals surface area contributed by atoms with Crippen LogP contribution < -0.4 is 16.2 Å². The van der Waals surface area contributed by atoms with E-state index in [1.807, 2.05) is 19.1 Å². The molecule has 0 saturated carbocycles. The number of amides is 3. The van der Waals surface area contributed by atoms with Gasteiger partial charge in [0.2, 0.25) is 5.91 Å². The zero-order valence-corrected chi connectivity index (χ0v) is 16.1. The Labute approximate surface area is 168 Å². The summed E-state index contributed by atoms with van der Waals surface area (Å²) >= 11 is 0. The molecule has 0 aliphatic heterocycles. The largest absolute Gasteiger partial charge is 0.456 e. The summed E-state index contributed by atoms with van der Waals surface area (Å²) in [6, 6.07) is 15.7. The number of carbonyl (C=O) groups excluding carboxylic acids is 4. The van der Waals surface area contributed by atoms with E-state index in [-0.39, 0.29) is 19.3 Å². The number of rotatable bonds is 8. The van der Waals surface area contributed by atoms with Gasteiger partial charge in [-0.1, -0.05) is 36.4 Å². The normalized spacial score (nSPS) is 9.97. The number of ether oxygens (including phenoxy) is 1. The van der Waals surface area contributed by atoms with Crippen molar-refractivity contribution >= 4 is 29.4 Å². The highest BCUT2D eigenvalue weighted by Gasteiger charge is 2.11. The molecule has 8 nitrogen and oxygen atoms in total. The summed E-state index contributed by atoms with van der Waals surface area (Å²) in [6.45, 7) is 1.46. The molecule has 0 aliphatic rings. The lowest BCUT2D eigenvalue weighted by atomic mass is 10.2. The van der Waals surface area contributed by atoms with Crippen LogP contribution in [0.1, 0.15) is 35.2 Å². The number of aryl methyl sites for hydroxylation is 1. The van der Waals surface area contributed by atoms with Crippen LogP contribution in [0.5, 0.6) is 0 Å². The Morgan fingerprint density at radius 3 is 2.24 bits per heavy atom. The predicted octanol–water partition coefficient (Wildman–Crippen LogP) is 2.11. The predicted molar refractivity (Wildman–Crippen MR) is 107 cm³/mol. The SMILES string of the molecule is Cc1ccccc1NC(=O)COC(=O)CCCC(=O)NNC(=O)c1ccccc1. The molecule has 0 heterocycles. The van der Waals surface area contributed by atoms with Crippen LogP contribution in [0, 0.1) is 6.92 Å². The minimum absolute atomic E-state index is 0.0162. The first-order valence-electron chi connectivity index (χ1n) is 9.11. The van der Waals surface area contributed by atoms with Crippen molar-refractivity contribution in [3.63, 3.8) is 0 Å². The highest BCUT2D eigenvalue weighted by Crippen LogP contribution is 2.12. The van der Waals surface area contributed by atoms with Gasteiger partial charge in [0.25, 0.3) is 11.8 Å². The third kappa shape index (κ3) is 7.84. The molecule has 2 rings (SSSR count). The Hall–Kier alpha value is -3.68. The molecule has 0 aromatic heterocycles. The van der Waals surface area contributed by atoms with Gasteiger partial charge in [-0.25, -0.2) is 0 Å². The second-order valence-corrected chi connectivity index (χ2v) is 6.25. The fraction of sp³-hybridized carbons (Fsp3) is 0.238. The molecular formula is C21H23N3O5. The number of para-hydroxylation sites is 1. The van der Waals surface area contributed by atoms with E-state index in [0.29, 0.717) is 11.3 Å². The van der Waals surface area contributed by atoms with Gasteiger partial charge < -0.3 is 10.1 Å². The average molecular weight is 397 g/mol. The first kappa shape index (κ1) is 21.6. The van der Waals surface area contributed by atoms with Crippen molar-refractivity contribution < 1.29 is 23.9 Å². The van der Waals surface area contributed by atoms with Crippen LogP contribution in [0.25, 0.3) is 0 Å². The molecule has 0 radical (unpaired) electrons. The number of anilines is 1. The Balaban J connectivity index is 1.59. The van der Waals surface area contributed by atoms with Gasteiger partial charge >= 0.3 is 5.97 Å². The van der Waals surface area contributed by atoms with Gasteiger partial charge in [0, 0.05) is 24.1 Å². The van der Waals surface area contributed by atoms with Crippen LogP contribution in [0.15, 0.2) is 54.6 Å². The number of hydrogen-bond donors (Lipinski definition) is 3. The molecule has 29 heavy (non-hydrogen) atoms. The van der Waals surface area contributed by atoms with E-state index >= 15 is 0 Å². The molecule has 2 aromatic rings. The monoisotopic (exact) mass is 397 g/mol. The smallest absolute Gasteiger partial charge is 0.306 e. The molecule has 2 aromatic carbocycles. The Kier molecular flexibility index (Phi) is 8.37. The van der Waals surface area contributed by atoms with Crippen molar-refractivity contribution in [1.29, 1.82) is 0 Å². The van der Waals surface area contributed by atoms with E-state index in [9.17, 15) is 19.2 Å². The molecule has 0 saturated heterocycles. The Morgan fingerprint density at radius 2 is 1.52 bits per heavy atom. The second-order valence-electron chi connectivity index (χ2n) is 6.25. The lowest BCUT2D eigenvalue weighted by Gasteiger charge is -2.09. The lowest BCUT2D eigenvalue weighted by molar-refractivity contribution is -0.147. The first-order chi connectivity index (χ1) is 14.0. The van der Waals surface area contributed by atoms with Crippen molar-refractivity contribution in [3.05, 3.63) is 65.7 Å². The highest BCUT2D eigenvalue weighted by molar-refractivity contribution is 5.95. The van der Waals surface area contributed by atoms with Crippen LogP contribution in [-0.2, 0) is 19.1 Å². The van der Waals surface area contributed by atoms with Crippen LogP contribution in [-0.4, -0.2) is 30.3 Å². The number of hydrogen-bond acceptors (Lipinski definition) is 5. The summed E-state index contributed by atoms with van der Waals surface area (Å²) in [5, 5.41) is 2.66. The van der Waals surface area contributed by atoms with E-state index < -0.39 is 30.3 Å². The zero-order valence-electron chi connectivity index (χ0n) is 16.1. The minimum Gasteiger partial charge on any atom is -0.456 e. The molecular weight excluding hydrogens is 374 g/mol. The summed E-state index contributed by atoms with van der Waals surface area (Å²) in [7, 11) is 0. The Morgan fingerprint density at radius 1 is 0.828 bits per heavy atom. The molecule has 0 aliphatic carbocycles. The standard InChI is InChI=1S/C21H23N3O5/c1-15-8-5-6-11-17(15)22-19(26)14-29-20(27)13-7-12-18(25)23-24-21(28)16-9-3-2-4-10-16/h2-6,8-11H,7,12-14H2,1H3,(H,22,26)(H,23,25)(H,24,28). The maximum atomic E-state index is 11.8. The molecule has 152 valence electrons. The van der Waals surface area contributed by atoms with Crippen LogP contribution in [0.4, 0.5) is 5.69 Å². The maximum Gasteiger partial charge on any atom is 0.306 e. The third-order valence-electron chi connectivity index (χ3n) is 3.92. The third-order valence-corrected chi connectivity index (χ3v) is 3.92. The Bertz CT molecular complexity index is 868. The van der Waals surface area contributed by atoms with E-state index in [0.717, 1.165) is 5.56 Å². The van der Waals surface area contributed by atoms with Gasteiger partial charge in [0.05, 0.1) is 0 Å². The van der Waals surface area contributed by atoms with E-state index in [1.54, 1.807) is 42.5 Å². The number of nitrogens with one attached hydrogen (secondary N) is 3. The summed E-state index contributed by atoms with van der Waals surface area (Å²) in [5.74, 6) is -1.88. The van der Waals surface area contributed by atoms with Crippen molar-refractivity contribution in [2.75, 3.05) is 11.9 Å². The molecule has 0 unspecified atom stereocenters. The van der Waals surface area contributed by atoms with E-state index in [2.05, 4.69) is 16.2 Å².